The highest BCUT2D eigenvalue weighted by atomic mass is 19.4. The van der Waals surface area contributed by atoms with Crippen LogP contribution in [0.3, 0.4) is 0 Å². The van der Waals surface area contributed by atoms with Gasteiger partial charge in [-0.05, 0) is 6.07 Å². The lowest BCUT2D eigenvalue weighted by Crippen LogP contribution is -2.22. The Hall–Kier alpha value is -1.39. The summed E-state index contributed by atoms with van der Waals surface area (Å²) >= 11 is 0. The van der Waals surface area contributed by atoms with Gasteiger partial charge in [0.25, 0.3) is 0 Å². The molecule has 0 N–H and O–H groups in total. The molecule has 0 radical (unpaired) electrons. The molecule has 0 fully saturated rings. The molecule has 0 aliphatic carbocycles. The maximum atomic E-state index is 12.9. The second kappa shape index (κ2) is 3.77. The molecule has 0 aliphatic rings. The first-order valence-electron chi connectivity index (χ1n) is 3.73. The third kappa shape index (κ3) is 2.10. The number of carbonyl (C=O) groups is 1. The molecule has 1 rings (SSSR count). The van der Waals surface area contributed by atoms with Crippen LogP contribution in [0.15, 0.2) is 24.3 Å². The SMILES string of the molecule is O=CC(c1ccccc1F)C(F)(F)F. The average molecular weight is 206 g/mol. The van der Waals surface area contributed by atoms with Crippen LogP contribution in [0.4, 0.5) is 17.6 Å². The zero-order valence-electron chi connectivity index (χ0n) is 6.88. The van der Waals surface area contributed by atoms with Gasteiger partial charge in [0, 0.05) is 5.56 Å². The molecule has 0 saturated heterocycles. The molecule has 1 nitrogen and oxygen atoms in total. The smallest absolute Gasteiger partial charge is 0.302 e. The van der Waals surface area contributed by atoms with Gasteiger partial charge in [0.1, 0.15) is 18.0 Å². The van der Waals surface area contributed by atoms with Gasteiger partial charge in [0.2, 0.25) is 0 Å². The predicted molar refractivity (Wildman–Crippen MR) is 41.3 cm³/mol. The fourth-order valence-corrected chi connectivity index (χ4v) is 1.05. The van der Waals surface area contributed by atoms with Crippen molar-refractivity contribution < 1.29 is 22.4 Å². The van der Waals surface area contributed by atoms with E-state index in [-0.39, 0.29) is 6.29 Å². The van der Waals surface area contributed by atoms with Crippen LogP contribution in [0, 0.1) is 5.82 Å². The van der Waals surface area contributed by atoms with Crippen LogP contribution in [-0.2, 0) is 4.79 Å². The van der Waals surface area contributed by atoms with Gasteiger partial charge in [-0.3, -0.25) is 0 Å². The summed E-state index contributed by atoms with van der Waals surface area (Å²) in [5, 5.41) is 0. The van der Waals surface area contributed by atoms with Gasteiger partial charge < -0.3 is 4.79 Å². The summed E-state index contributed by atoms with van der Waals surface area (Å²) in [4.78, 5) is 10.2. The first-order chi connectivity index (χ1) is 6.46. The van der Waals surface area contributed by atoms with Crippen molar-refractivity contribution >= 4 is 6.29 Å². The number of benzene rings is 1. The minimum absolute atomic E-state index is 0.307. The Bertz CT molecular complexity index is 332. The molecule has 0 heterocycles. The van der Waals surface area contributed by atoms with Gasteiger partial charge in [0.05, 0.1) is 0 Å². The van der Waals surface area contributed by atoms with E-state index in [0.29, 0.717) is 0 Å². The third-order valence-corrected chi connectivity index (χ3v) is 1.73. The fourth-order valence-electron chi connectivity index (χ4n) is 1.05. The molecule has 0 spiro atoms. The summed E-state index contributed by atoms with van der Waals surface area (Å²) in [6.07, 6.45) is -5.05. The lowest BCUT2D eigenvalue weighted by molar-refractivity contribution is -0.156. The van der Waals surface area contributed by atoms with Crippen molar-refractivity contribution in [3.8, 4) is 0 Å². The minimum atomic E-state index is -4.75. The summed E-state index contributed by atoms with van der Waals surface area (Å²) in [6, 6.07) is 4.34. The zero-order valence-corrected chi connectivity index (χ0v) is 6.88. The molecule has 0 aliphatic heterocycles. The molecule has 1 aromatic carbocycles. The zero-order chi connectivity index (χ0) is 10.8. The molecule has 0 bridgehead atoms. The van der Waals surface area contributed by atoms with Gasteiger partial charge in [-0.1, -0.05) is 18.2 Å². The number of hydrogen-bond acceptors (Lipinski definition) is 1. The molecular formula is C9H6F4O. The number of carbonyl (C=O) groups excluding carboxylic acids is 1. The molecule has 1 unspecified atom stereocenters. The van der Waals surface area contributed by atoms with Crippen LogP contribution in [-0.4, -0.2) is 12.5 Å². The number of alkyl halides is 3. The van der Waals surface area contributed by atoms with E-state index in [1.807, 2.05) is 0 Å². The quantitative estimate of drug-likeness (QED) is 0.537. The van der Waals surface area contributed by atoms with Crippen molar-refractivity contribution in [2.45, 2.75) is 12.1 Å². The molecule has 0 amide bonds. The second-order valence-corrected chi connectivity index (χ2v) is 2.68. The summed E-state index contributed by atoms with van der Waals surface area (Å²) in [5.41, 5.74) is -0.644. The number of aldehydes is 1. The van der Waals surface area contributed by atoms with Crippen LogP contribution < -0.4 is 0 Å². The third-order valence-electron chi connectivity index (χ3n) is 1.73. The number of halogens is 4. The molecule has 1 aromatic rings. The molecule has 0 saturated carbocycles. The summed E-state index contributed by atoms with van der Waals surface area (Å²) < 4.78 is 49.5. The summed E-state index contributed by atoms with van der Waals surface area (Å²) in [6.45, 7) is 0. The van der Waals surface area contributed by atoms with E-state index in [9.17, 15) is 22.4 Å². The highest BCUT2D eigenvalue weighted by molar-refractivity contribution is 5.63. The van der Waals surface area contributed by atoms with E-state index in [1.54, 1.807) is 0 Å². The van der Waals surface area contributed by atoms with Gasteiger partial charge in [-0.25, -0.2) is 4.39 Å². The fraction of sp³-hybridized carbons (Fsp3) is 0.222. The van der Waals surface area contributed by atoms with Crippen molar-refractivity contribution in [1.29, 1.82) is 0 Å². The van der Waals surface area contributed by atoms with Gasteiger partial charge >= 0.3 is 6.18 Å². The monoisotopic (exact) mass is 206 g/mol. The topological polar surface area (TPSA) is 17.1 Å². The Morgan fingerprint density at radius 3 is 2.21 bits per heavy atom. The van der Waals surface area contributed by atoms with Crippen LogP contribution in [0.2, 0.25) is 0 Å². The Kier molecular flexibility index (Phi) is 2.88. The lowest BCUT2D eigenvalue weighted by Gasteiger charge is -2.14. The molecule has 76 valence electrons. The van der Waals surface area contributed by atoms with Crippen LogP contribution >= 0.6 is 0 Å². The van der Waals surface area contributed by atoms with E-state index in [4.69, 9.17) is 0 Å². The first kappa shape index (κ1) is 10.7. The minimum Gasteiger partial charge on any atom is -0.302 e. The van der Waals surface area contributed by atoms with Crippen LogP contribution in [0.25, 0.3) is 0 Å². The Morgan fingerprint density at radius 1 is 1.21 bits per heavy atom. The van der Waals surface area contributed by atoms with E-state index in [0.717, 1.165) is 12.1 Å². The van der Waals surface area contributed by atoms with E-state index in [1.165, 1.54) is 12.1 Å². The molecule has 14 heavy (non-hydrogen) atoms. The van der Waals surface area contributed by atoms with Crippen molar-refractivity contribution in [3.63, 3.8) is 0 Å². The van der Waals surface area contributed by atoms with Gasteiger partial charge in [-0.2, -0.15) is 13.2 Å². The van der Waals surface area contributed by atoms with Crippen molar-refractivity contribution in [1.82, 2.24) is 0 Å². The van der Waals surface area contributed by atoms with E-state index in [2.05, 4.69) is 0 Å². The highest BCUT2D eigenvalue weighted by Gasteiger charge is 2.41. The Morgan fingerprint density at radius 2 is 1.79 bits per heavy atom. The highest BCUT2D eigenvalue weighted by Crippen LogP contribution is 2.34. The molecular weight excluding hydrogens is 200 g/mol. The van der Waals surface area contributed by atoms with Crippen LogP contribution in [0.1, 0.15) is 11.5 Å². The van der Waals surface area contributed by atoms with E-state index >= 15 is 0 Å². The Balaban J connectivity index is 3.14. The maximum absolute atomic E-state index is 12.9. The van der Waals surface area contributed by atoms with Gasteiger partial charge in [-0.15, -0.1) is 0 Å². The van der Waals surface area contributed by atoms with Crippen molar-refractivity contribution in [2.75, 3.05) is 0 Å². The summed E-state index contributed by atoms with van der Waals surface area (Å²) in [7, 11) is 0. The van der Waals surface area contributed by atoms with Gasteiger partial charge in [0.15, 0.2) is 0 Å². The lowest BCUT2D eigenvalue weighted by atomic mass is 10.00. The Labute approximate surface area is 77.3 Å². The normalized spacial score (nSPS) is 13.7. The van der Waals surface area contributed by atoms with Crippen LogP contribution in [0.5, 0.6) is 0 Å². The second-order valence-electron chi connectivity index (χ2n) is 2.68. The largest absolute Gasteiger partial charge is 0.402 e. The van der Waals surface area contributed by atoms with Crippen molar-refractivity contribution in [2.24, 2.45) is 0 Å². The number of rotatable bonds is 2. The maximum Gasteiger partial charge on any atom is 0.402 e. The molecule has 1 atom stereocenters. The average Bonchev–Trinajstić information content (AvgIpc) is 2.07. The molecule has 5 heteroatoms. The molecule has 0 aromatic heterocycles. The summed E-state index contributed by atoms with van der Waals surface area (Å²) in [5.74, 6) is -3.41. The van der Waals surface area contributed by atoms with E-state index < -0.39 is 23.5 Å². The van der Waals surface area contributed by atoms with Crippen molar-refractivity contribution in [3.05, 3.63) is 35.6 Å². The number of hydrogen-bond donors (Lipinski definition) is 0. The predicted octanol–water partition coefficient (Wildman–Crippen LogP) is 2.67. The standard InChI is InChI=1S/C9H6F4O/c10-8-4-2-1-3-6(8)7(5-14)9(11,12)13/h1-5,7H. The first-order valence-corrected chi connectivity index (χ1v) is 3.73.